The highest BCUT2D eigenvalue weighted by Gasteiger charge is 2.32. The molecule has 0 radical (unpaired) electrons. The van der Waals surface area contributed by atoms with E-state index in [-0.39, 0.29) is 24.5 Å². The molecule has 0 saturated carbocycles. The molecule has 1 aliphatic rings. The number of hydrogen-bond donors (Lipinski definition) is 1. The quantitative estimate of drug-likeness (QED) is 0.690. The first kappa shape index (κ1) is 14.9. The highest BCUT2D eigenvalue weighted by atomic mass is 32.2. The standard InChI is InChI=1S/C11H24N2O3S/c1-4-5-13(11-8-12-9-11)17(14,15)7-6-16-10(2)3/h10-12H,4-9H2,1-3H3. The van der Waals surface area contributed by atoms with Crippen molar-refractivity contribution in [3.05, 3.63) is 0 Å². The summed E-state index contributed by atoms with van der Waals surface area (Å²) in [4.78, 5) is 0. The lowest BCUT2D eigenvalue weighted by Crippen LogP contribution is -2.59. The Balaban J connectivity index is 2.51. The van der Waals surface area contributed by atoms with Crippen LogP contribution in [0.5, 0.6) is 0 Å². The Labute approximate surface area is 105 Å². The Hall–Kier alpha value is -0.170. The first-order valence-corrected chi connectivity index (χ1v) is 7.90. The molecule has 0 spiro atoms. The van der Waals surface area contributed by atoms with Crippen LogP contribution in [0, 0.1) is 0 Å². The van der Waals surface area contributed by atoms with Gasteiger partial charge in [0.05, 0.1) is 18.5 Å². The fourth-order valence-corrected chi connectivity index (χ4v) is 3.36. The number of ether oxygens (including phenoxy) is 1. The number of rotatable bonds is 8. The topological polar surface area (TPSA) is 58.6 Å². The lowest BCUT2D eigenvalue weighted by Gasteiger charge is -2.37. The second kappa shape index (κ2) is 6.68. The van der Waals surface area contributed by atoms with Crippen LogP contribution in [0.3, 0.4) is 0 Å². The van der Waals surface area contributed by atoms with Gasteiger partial charge in [0.25, 0.3) is 0 Å². The minimum Gasteiger partial charge on any atom is -0.378 e. The number of hydrogen-bond acceptors (Lipinski definition) is 4. The molecular weight excluding hydrogens is 240 g/mol. The second-order valence-electron chi connectivity index (χ2n) is 4.66. The van der Waals surface area contributed by atoms with Crippen molar-refractivity contribution in [2.45, 2.75) is 39.3 Å². The Morgan fingerprint density at radius 1 is 1.41 bits per heavy atom. The van der Waals surface area contributed by atoms with Gasteiger partial charge in [0.2, 0.25) is 10.0 Å². The Kier molecular flexibility index (Phi) is 5.85. The molecule has 1 heterocycles. The predicted octanol–water partition coefficient (Wildman–Crippen LogP) is 0.425. The van der Waals surface area contributed by atoms with Crippen LogP contribution in [0.2, 0.25) is 0 Å². The van der Waals surface area contributed by atoms with Crippen LogP contribution in [0.25, 0.3) is 0 Å². The lowest BCUT2D eigenvalue weighted by atomic mass is 10.2. The summed E-state index contributed by atoms with van der Waals surface area (Å²) in [6, 6.07) is 0.138. The zero-order chi connectivity index (χ0) is 12.9. The second-order valence-corrected chi connectivity index (χ2v) is 6.70. The van der Waals surface area contributed by atoms with E-state index in [2.05, 4.69) is 5.32 Å². The normalized spacial score (nSPS) is 17.7. The van der Waals surface area contributed by atoms with Crippen molar-refractivity contribution in [3.8, 4) is 0 Å². The van der Waals surface area contributed by atoms with Gasteiger partial charge in [-0.1, -0.05) is 6.92 Å². The Morgan fingerprint density at radius 2 is 2.06 bits per heavy atom. The summed E-state index contributed by atoms with van der Waals surface area (Å²) < 4.78 is 31.3. The number of nitrogens with one attached hydrogen (secondary N) is 1. The minimum absolute atomic E-state index is 0.0789. The fourth-order valence-electron chi connectivity index (χ4n) is 1.75. The summed E-state index contributed by atoms with van der Waals surface area (Å²) in [6.45, 7) is 8.24. The van der Waals surface area contributed by atoms with Crippen LogP contribution >= 0.6 is 0 Å². The van der Waals surface area contributed by atoms with Crippen LogP contribution in [-0.4, -0.2) is 56.9 Å². The average molecular weight is 264 g/mol. The van der Waals surface area contributed by atoms with Crippen molar-refractivity contribution in [3.63, 3.8) is 0 Å². The maximum Gasteiger partial charge on any atom is 0.216 e. The van der Waals surface area contributed by atoms with E-state index < -0.39 is 10.0 Å². The molecule has 1 saturated heterocycles. The maximum absolute atomic E-state index is 12.2. The van der Waals surface area contributed by atoms with Gasteiger partial charge in [-0.3, -0.25) is 0 Å². The Bertz CT molecular complexity index is 313. The highest BCUT2D eigenvalue weighted by Crippen LogP contribution is 2.12. The van der Waals surface area contributed by atoms with Gasteiger partial charge in [-0.05, 0) is 20.3 Å². The van der Waals surface area contributed by atoms with Gasteiger partial charge < -0.3 is 10.1 Å². The van der Waals surface area contributed by atoms with Crippen molar-refractivity contribution in [1.82, 2.24) is 9.62 Å². The molecule has 1 aliphatic heterocycles. The molecule has 1 fully saturated rings. The summed E-state index contributed by atoms with van der Waals surface area (Å²) >= 11 is 0. The lowest BCUT2D eigenvalue weighted by molar-refractivity contribution is 0.0902. The fraction of sp³-hybridized carbons (Fsp3) is 1.00. The van der Waals surface area contributed by atoms with Gasteiger partial charge in [0, 0.05) is 25.7 Å². The zero-order valence-corrected chi connectivity index (χ0v) is 11.8. The molecule has 0 atom stereocenters. The maximum atomic E-state index is 12.2. The molecule has 0 aliphatic carbocycles. The minimum atomic E-state index is -3.17. The zero-order valence-electron chi connectivity index (χ0n) is 11.0. The van der Waals surface area contributed by atoms with Crippen molar-refractivity contribution >= 4 is 10.0 Å². The largest absolute Gasteiger partial charge is 0.378 e. The third-order valence-corrected chi connectivity index (χ3v) is 4.64. The van der Waals surface area contributed by atoms with Gasteiger partial charge in [0.1, 0.15) is 0 Å². The first-order chi connectivity index (χ1) is 7.97. The molecule has 0 aromatic rings. The molecule has 1 N–H and O–H groups in total. The van der Waals surface area contributed by atoms with Crippen molar-refractivity contribution < 1.29 is 13.2 Å². The van der Waals surface area contributed by atoms with Gasteiger partial charge in [0.15, 0.2) is 0 Å². The molecule has 17 heavy (non-hydrogen) atoms. The van der Waals surface area contributed by atoms with Crippen LogP contribution < -0.4 is 5.32 Å². The molecule has 5 nitrogen and oxygen atoms in total. The third-order valence-electron chi connectivity index (χ3n) is 2.76. The number of sulfonamides is 1. The molecule has 0 amide bonds. The van der Waals surface area contributed by atoms with E-state index in [9.17, 15) is 8.42 Å². The van der Waals surface area contributed by atoms with Gasteiger partial charge in [-0.2, -0.15) is 4.31 Å². The summed E-state index contributed by atoms with van der Waals surface area (Å²) in [5.74, 6) is 0.0850. The van der Waals surface area contributed by atoms with E-state index in [1.165, 1.54) is 0 Å². The molecule has 0 aromatic heterocycles. The molecule has 0 aromatic carbocycles. The molecule has 6 heteroatoms. The van der Waals surface area contributed by atoms with E-state index in [1.54, 1.807) is 4.31 Å². The van der Waals surface area contributed by atoms with E-state index in [4.69, 9.17) is 4.74 Å². The van der Waals surface area contributed by atoms with E-state index in [0.717, 1.165) is 19.5 Å². The van der Waals surface area contributed by atoms with E-state index in [1.807, 2.05) is 20.8 Å². The molecular formula is C11H24N2O3S. The average Bonchev–Trinajstić information content (AvgIpc) is 2.13. The van der Waals surface area contributed by atoms with Gasteiger partial charge in [-0.15, -0.1) is 0 Å². The van der Waals surface area contributed by atoms with Crippen LogP contribution in [0.15, 0.2) is 0 Å². The molecule has 0 bridgehead atoms. The monoisotopic (exact) mass is 264 g/mol. The van der Waals surface area contributed by atoms with Gasteiger partial charge in [-0.25, -0.2) is 8.42 Å². The molecule has 0 unspecified atom stereocenters. The van der Waals surface area contributed by atoms with E-state index >= 15 is 0 Å². The molecule has 1 rings (SSSR count). The molecule has 102 valence electrons. The summed E-state index contributed by atoms with van der Waals surface area (Å²) in [6.07, 6.45) is 0.927. The SMILES string of the molecule is CCCN(C1CNC1)S(=O)(=O)CCOC(C)C. The third kappa shape index (κ3) is 4.54. The first-order valence-electron chi connectivity index (χ1n) is 6.29. The Morgan fingerprint density at radius 3 is 2.47 bits per heavy atom. The van der Waals surface area contributed by atoms with Crippen molar-refractivity contribution in [1.29, 1.82) is 0 Å². The van der Waals surface area contributed by atoms with Gasteiger partial charge >= 0.3 is 0 Å². The van der Waals surface area contributed by atoms with Crippen molar-refractivity contribution in [2.75, 3.05) is 32.0 Å². The summed E-state index contributed by atoms with van der Waals surface area (Å²) in [5.41, 5.74) is 0. The highest BCUT2D eigenvalue weighted by molar-refractivity contribution is 7.89. The van der Waals surface area contributed by atoms with Crippen LogP contribution in [-0.2, 0) is 14.8 Å². The van der Waals surface area contributed by atoms with Crippen molar-refractivity contribution in [2.24, 2.45) is 0 Å². The smallest absolute Gasteiger partial charge is 0.216 e. The van der Waals surface area contributed by atoms with E-state index in [0.29, 0.717) is 6.54 Å². The number of nitrogens with zero attached hydrogens (tertiary/aromatic N) is 1. The van der Waals surface area contributed by atoms with Crippen LogP contribution in [0.4, 0.5) is 0 Å². The summed E-state index contributed by atoms with van der Waals surface area (Å²) in [5, 5.41) is 3.11. The summed E-state index contributed by atoms with van der Waals surface area (Å²) in [7, 11) is -3.17. The van der Waals surface area contributed by atoms with Crippen LogP contribution in [0.1, 0.15) is 27.2 Å². The predicted molar refractivity (Wildman–Crippen MR) is 68.5 cm³/mol.